The molecule has 0 aromatic heterocycles. The minimum atomic E-state index is -1.09. The number of carboxylic acids is 1. The maximum Gasteiger partial charge on any atom is 0.341 e. The number of ether oxygens (including phenoxy) is 2. The van der Waals surface area contributed by atoms with Crippen LogP contribution in [0.2, 0.25) is 0 Å². The van der Waals surface area contributed by atoms with E-state index in [0.717, 1.165) is 18.4 Å². The monoisotopic (exact) mass is 466 g/mol. The van der Waals surface area contributed by atoms with Crippen molar-refractivity contribution in [3.8, 4) is 5.75 Å². The SMILES string of the molecule is C[C@@]1(C2CCN(C(=O)c3ccccc3OCC(=O)O)CC2)CN(Cc2ccccc2)C(=O)CO1. The number of amides is 2. The number of hydrogen-bond acceptors (Lipinski definition) is 5. The lowest BCUT2D eigenvalue weighted by molar-refractivity contribution is -0.173. The molecule has 0 saturated carbocycles. The summed E-state index contributed by atoms with van der Waals surface area (Å²) in [4.78, 5) is 40.1. The van der Waals surface area contributed by atoms with Gasteiger partial charge in [0.05, 0.1) is 17.7 Å². The number of hydrogen-bond donors (Lipinski definition) is 1. The lowest BCUT2D eigenvalue weighted by atomic mass is 9.80. The zero-order valence-electron chi connectivity index (χ0n) is 19.3. The van der Waals surface area contributed by atoms with E-state index in [0.29, 0.717) is 31.7 Å². The predicted octanol–water partition coefficient (Wildman–Crippen LogP) is 2.82. The summed E-state index contributed by atoms with van der Waals surface area (Å²) in [5.74, 6) is -0.790. The van der Waals surface area contributed by atoms with Crippen LogP contribution in [0.25, 0.3) is 0 Å². The molecule has 4 rings (SSSR count). The molecule has 2 aromatic carbocycles. The third kappa shape index (κ3) is 5.39. The smallest absolute Gasteiger partial charge is 0.341 e. The van der Waals surface area contributed by atoms with Gasteiger partial charge < -0.3 is 24.4 Å². The Morgan fingerprint density at radius 1 is 1.09 bits per heavy atom. The minimum Gasteiger partial charge on any atom is -0.481 e. The van der Waals surface area contributed by atoms with Crippen molar-refractivity contribution in [3.63, 3.8) is 0 Å². The van der Waals surface area contributed by atoms with E-state index in [-0.39, 0.29) is 30.1 Å². The Labute approximate surface area is 199 Å². The quantitative estimate of drug-likeness (QED) is 0.674. The number of carbonyl (C=O) groups excluding carboxylic acids is 2. The number of para-hydroxylation sites is 1. The molecule has 180 valence electrons. The van der Waals surface area contributed by atoms with E-state index in [1.165, 1.54) is 0 Å². The van der Waals surface area contributed by atoms with Gasteiger partial charge in [0.2, 0.25) is 5.91 Å². The number of carbonyl (C=O) groups is 3. The third-order valence-electron chi connectivity index (χ3n) is 6.71. The number of piperidine rings is 1. The molecule has 2 heterocycles. The molecule has 2 saturated heterocycles. The zero-order valence-corrected chi connectivity index (χ0v) is 19.3. The molecule has 0 radical (unpaired) electrons. The van der Waals surface area contributed by atoms with Crippen LogP contribution in [0.15, 0.2) is 54.6 Å². The largest absolute Gasteiger partial charge is 0.481 e. The van der Waals surface area contributed by atoms with E-state index in [1.807, 2.05) is 35.2 Å². The Bertz CT molecular complexity index is 1030. The topological polar surface area (TPSA) is 96.4 Å². The third-order valence-corrected chi connectivity index (χ3v) is 6.71. The van der Waals surface area contributed by atoms with Crippen molar-refractivity contribution in [1.29, 1.82) is 0 Å². The van der Waals surface area contributed by atoms with Gasteiger partial charge in [-0.15, -0.1) is 0 Å². The molecular formula is C26H30N2O6. The number of morpholine rings is 1. The molecular weight excluding hydrogens is 436 g/mol. The highest BCUT2D eigenvalue weighted by Gasteiger charge is 2.43. The molecule has 2 amide bonds. The standard InChI is InChI=1S/C26H30N2O6/c1-26(18-28(23(29)16-34-26)15-19-7-3-2-4-8-19)20-11-13-27(14-12-20)25(32)21-9-5-6-10-22(21)33-17-24(30)31/h2-10,20H,11-18H2,1H3,(H,30,31)/t26-/m0/s1. The van der Waals surface area contributed by atoms with Gasteiger partial charge in [-0.1, -0.05) is 42.5 Å². The molecule has 2 aliphatic rings. The van der Waals surface area contributed by atoms with Crippen molar-refractivity contribution in [1.82, 2.24) is 9.80 Å². The van der Waals surface area contributed by atoms with Crippen molar-refractivity contribution in [2.45, 2.75) is 31.9 Å². The highest BCUT2D eigenvalue weighted by molar-refractivity contribution is 5.97. The van der Waals surface area contributed by atoms with E-state index >= 15 is 0 Å². The summed E-state index contributed by atoms with van der Waals surface area (Å²) in [6.45, 7) is 3.82. The van der Waals surface area contributed by atoms with Crippen LogP contribution in [0.4, 0.5) is 0 Å². The van der Waals surface area contributed by atoms with Gasteiger partial charge in [-0.25, -0.2) is 4.79 Å². The van der Waals surface area contributed by atoms with Gasteiger partial charge in [-0.3, -0.25) is 9.59 Å². The van der Waals surface area contributed by atoms with Crippen molar-refractivity contribution < 1.29 is 29.0 Å². The molecule has 0 aliphatic carbocycles. The van der Waals surface area contributed by atoms with E-state index in [1.54, 1.807) is 29.2 Å². The van der Waals surface area contributed by atoms with Crippen molar-refractivity contribution in [2.75, 3.05) is 32.8 Å². The first-order chi connectivity index (χ1) is 16.4. The Hall–Kier alpha value is -3.39. The second-order valence-corrected chi connectivity index (χ2v) is 9.08. The number of likely N-dealkylation sites (tertiary alicyclic amines) is 1. The Morgan fingerprint density at radius 3 is 2.47 bits per heavy atom. The van der Waals surface area contributed by atoms with Gasteiger partial charge in [-0.2, -0.15) is 0 Å². The summed E-state index contributed by atoms with van der Waals surface area (Å²) < 4.78 is 11.4. The molecule has 2 fully saturated rings. The Kier molecular flexibility index (Phi) is 7.17. The van der Waals surface area contributed by atoms with Gasteiger partial charge in [0, 0.05) is 19.6 Å². The summed E-state index contributed by atoms with van der Waals surface area (Å²) in [7, 11) is 0. The highest BCUT2D eigenvalue weighted by Crippen LogP contribution is 2.35. The van der Waals surface area contributed by atoms with Crippen molar-refractivity contribution in [2.24, 2.45) is 5.92 Å². The number of nitrogens with zero attached hydrogens (tertiary/aromatic N) is 2. The fourth-order valence-electron chi connectivity index (χ4n) is 4.80. The molecule has 2 aromatic rings. The molecule has 0 bridgehead atoms. The van der Waals surface area contributed by atoms with Crippen LogP contribution in [-0.2, 0) is 20.9 Å². The number of carboxylic acid groups (broad SMARTS) is 1. The molecule has 1 atom stereocenters. The lowest BCUT2D eigenvalue weighted by Crippen LogP contribution is -2.58. The fourth-order valence-corrected chi connectivity index (χ4v) is 4.80. The van der Waals surface area contributed by atoms with Crippen molar-refractivity contribution in [3.05, 3.63) is 65.7 Å². The average Bonchev–Trinajstić information content (AvgIpc) is 2.85. The molecule has 8 heteroatoms. The summed E-state index contributed by atoms with van der Waals surface area (Å²) in [5.41, 5.74) is 0.978. The van der Waals surface area contributed by atoms with Crippen molar-refractivity contribution >= 4 is 17.8 Å². The highest BCUT2D eigenvalue weighted by atomic mass is 16.5. The average molecular weight is 467 g/mol. The molecule has 8 nitrogen and oxygen atoms in total. The molecule has 0 spiro atoms. The second kappa shape index (κ2) is 10.3. The molecule has 2 aliphatic heterocycles. The maximum absolute atomic E-state index is 13.1. The summed E-state index contributed by atoms with van der Waals surface area (Å²) >= 11 is 0. The lowest BCUT2D eigenvalue weighted by Gasteiger charge is -2.47. The van der Waals surface area contributed by atoms with Crippen LogP contribution in [0.1, 0.15) is 35.7 Å². The van der Waals surface area contributed by atoms with Crippen LogP contribution < -0.4 is 4.74 Å². The molecule has 0 unspecified atom stereocenters. The molecule has 34 heavy (non-hydrogen) atoms. The zero-order chi connectivity index (χ0) is 24.1. The van der Waals surface area contributed by atoms with E-state index in [4.69, 9.17) is 14.6 Å². The summed E-state index contributed by atoms with van der Waals surface area (Å²) in [6.07, 6.45) is 1.52. The van der Waals surface area contributed by atoms with Crippen LogP contribution in [0.3, 0.4) is 0 Å². The first-order valence-corrected chi connectivity index (χ1v) is 11.5. The maximum atomic E-state index is 13.1. The van der Waals surface area contributed by atoms with E-state index in [9.17, 15) is 14.4 Å². The van der Waals surface area contributed by atoms with E-state index < -0.39 is 18.2 Å². The summed E-state index contributed by atoms with van der Waals surface area (Å²) in [6, 6.07) is 16.6. The number of aliphatic carboxylic acids is 1. The van der Waals surface area contributed by atoms with Gasteiger partial charge in [-0.05, 0) is 43.4 Å². The first kappa shape index (κ1) is 23.8. The normalized spacial score (nSPS) is 21.4. The van der Waals surface area contributed by atoms with Gasteiger partial charge in [0.1, 0.15) is 12.4 Å². The van der Waals surface area contributed by atoms with Gasteiger partial charge >= 0.3 is 5.97 Å². The van der Waals surface area contributed by atoms with Crippen LogP contribution in [-0.4, -0.2) is 71.1 Å². The van der Waals surface area contributed by atoms with Gasteiger partial charge in [0.25, 0.3) is 5.91 Å². The van der Waals surface area contributed by atoms with Gasteiger partial charge in [0.15, 0.2) is 6.61 Å². The second-order valence-electron chi connectivity index (χ2n) is 9.08. The molecule has 1 N–H and O–H groups in total. The minimum absolute atomic E-state index is 0.00749. The Morgan fingerprint density at radius 2 is 1.76 bits per heavy atom. The van der Waals surface area contributed by atoms with Crippen LogP contribution in [0, 0.1) is 5.92 Å². The Balaban J connectivity index is 1.38. The summed E-state index contributed by atoms with van der Waals surface area (Å²) in [5, 5.41) is 8.89. The van der Waals surface area contributed by atoms with E-state index in [2.05, 4.69) is 6.92 Å². The van der Waals surface area contributed by atoms with Crippen LogP contribution >= 0.6 is 0 Å². The number of benzene rings is 2. The fraction of sp³-hybridized carbons (Fsp3) is 0.423. The predicted molar refractivity (Wildman–Crippen MR) is 124 cm³/mol. The number of rotatable bonds is 7. The van der Waals surface area contributed by atoms with Crippen LogP contribution in [0.5, 0.6) is 5.75 Å². The first-order valence-electron chi connectivity index (χ1n) is 11.5.